The van der Waals surface area contributed by atoms with Gasteiger partial charge in [-0.15, -0.1) is 0 Å². The van der Waals surface area contributed by atoms with Crippen LogP contribution in [0.1, 0.15) is 53.1 Å². The summed E-state index contributed by atoms with van der Waals surface area (Å²) in [5.74, 6) is 0.769. The van der Waals surface area contributed by atoms with Gasteiger partial charge in [0.1, 0.15) is 5.82 Å². The number of rotatable bonds is 4. The highest BCUT2D eigenvalue weighted by Crippen LogP contribution is 2.43. The summed E-state index contributed by atoms with van der Waals surface area (Å²) >= 11 is 0. The lowest BCUT2D eigenvalue weighted by molar-refractivity contribution is -0.133. The molecule has 5 nitrogen and oxygen atoms in total. The first-order valence-electron chi connectivity index (χ1n) is 10.8. The molecule has 1 saturated heterocycles. The largest absolute Gasteiger partial charge is 0.371 e. The minimum absolute atomic E-state index is 0.0278. The first-order valence-corrected chi connectivity index (χ1v) is 10.8. The van der Waals surface area contributed by atoms with Gasteiger partial charge in [-0.3, -0.25) is 9.59 Å². The second-order valence-electron chi connectivity index (χ2n) is 9.24. The maximum atomic E-state index is 14.0. The molecule has 5 rings (SSSR count). The molecule has 2 aromatic rings. The van der Waals surface area contributed by atoms with Gasteiger partial charge in [-0.25, -0.2) is 4.39 Å². The number of benzene rings is 1. The van der Waals surface area contributed by atoms with Crippen LogP contribution in [0.5, 0.6) is 0 Å². The third-order valence-corrected chi connectivity index (χ3v) is 7.22. The molecule has 1 amide bonds. The fourth-order valence-electron chi connectivity index (χ4n) is 4.92. The maximum Gasteiger partial charge on any atom is 0.253 e. The number of anilines is 1. The molecular formula is C24H28FN3O2. The number of aromatic nitrogens is 1. The smallest absolute Gasteiger partial charge is 0.253 e. The Morgan fingerprint density at radius 1 is 1.13 bits per heavy atom. The van der Waals surface area contributed by atoms with Gasteiger partial charge in [-0.05, 0) is 67.5 Å². The standard InChI is InChI=1S/C24H28FN3O2/c1-14-15(2)24(30)26(3)22-13-28(12-20(14)22)23(29)8-16-10-27(11-16)18-6-7-21(25)19(9-18)17-4-5-17/h6-7,9,16-17H,4-5,8,10-13H2,1-3H3. The molecule has 1 saturated carbocycles. The van der Waals surface area contributed by atoms with Crippen LogP contribution >= 0.6 is 0 Å². The van der Waals surface area contributed by atoms with E-state index in [0.717, 1.165) is 59.6 Å². The third-order valence-electron chi connectivity index (χ3n) is 7.22. The van der Waals surface area contributed by atoms with E-state index in [1.54, 1.807) is 17.7 Å². The van der Waals surface area contributed by atoms with Crippen LogP contribution in [0.15, 0.2) is 23.0 Å². The quantitative estimate of drug-likeness (QED) is 0.778. The number of hydrogen-bond acceptors (Lipinski definition) is 3. The summed E-state index contributed by atoms with van der Waals surface area (Å²) in [7, 11) is 1.80. The molecule has 0 N–H and O–H groups in total. The van der Waals surface area contributed by atoms with Crippen molar-refractivity contribution in [1.82, 2.24) is 9.47 Å². The Bertz CT molecular complexity index is 1100. The molecule has 0 atom stereocenters. The number of nitrogens with zero attached hydrogens (tertiary/aromatic N) is 3. The molecule has 1 aliphatic carbocycles. The molecular weight excluding hydrogens is 381 g/mol. The molecule has 2 aliphatic heterocycles. The van der Waals surface area contributed by atoms with Gasteiger partial charge in [-0.2, -0.15) is 0 Å². The topological polar surface area (TPSA) is 45.6 Å². The van der Waals surface area contributed by atoms with Crippen molar-refractivity contribution in [3.63, 3.8) is 0 Å². The van der Waals surface area contributed by atoms with Crippen LogP contribution in [0, 0.1) is 25.6 Å². The van der Waals surface area contributed by atoms with Crippen molar-refractivity contribution in [2.24, 2.45) is 13.0 Å². The van der Waals surface area contributed by atoms with Crippen molar-refractivity contribution in [2.75, 3.05) is 18.0 Å². The van der Waals surface area contributed by atoms with Crippen molar-refractivity contribution in [1.29, 1.82) is 0 Å². The molecule has 3 aliphatic rings. The predicted octanol–water partition coefficient (Wildman–Crippen LogP) is 3.39. The summed E-state index contributed by atoms with van der Waals surface area (Å²) in [5.41, 5.74) is 5.81. The van der Waals surface area contributed by atoms with Crippen molar-refractivity contribution in [2.45, 2.75) is 52.1 Å². The van der Waals surface area contributed by atoms with Gasteiger partial charge in [-0.1, -0.05) is 0 Å². The SMILES string of the molecule is Cc1c2c(n(C)c(=O)c1C)CN(C(=O)CC1CN(c3ccc(F)c(C4CC4)c3)C1)C2. The maximum absolute atomic E-state index is 14.0. The van der Waals surface area contributed by atoms with Crippen molar-refractivity contribution < 1.29 is 9.18 Å². The number of amides is 1. The van der Waals surface area contributed by atoms with E-state index in [4.69, 9.17) is 0 Å². The van der Waals surface area contributed by atoms with Crippen LogP contribution in [0.3, 0.4) is 0 Å². The Morgan fingerprint density at radius 2 is 1.87 bits per heavy atom. The van der Waals surface area contributed by atoms with Crippen LogP contribution in [0.4, 0.5) is 10.1 Å². The minimum atomic E-state index is -0.0953. The molecule has 30 heavy (non-hydrogen) atoms. The monoisotopic (exact) mass is 409 g/mol. The highest BCUT2D eigenvalue weighted by molar-refractivity contribution is 5.77. The second kappa shape index (κ2) is 6.96. The molecule has 0 unspecified atom stereocenters. The van der Waals surface area contributed by atoms with Gasteiger partial charge in [0.05, 0.1) is 6.54 Å². The van der Waals surface area contributed by atoms with Crippen LogP contribution in [0.2, 0.25) is 0 Å². The number of hydrogen-bond donors (Lipinski definition) is 0. The van der Waals surface area contributed by atoms with Crippen LogP contribution in [0.25, 0.3) is 0 Å². The van der Waals surface area contributed by atoms with E-state index in [2.05, 4.69) is 4.90 Å². The molecule has 0 spiro atoms. The zero-order chi connectivity index (χ0) is 21.2. The lowest BCUT2D eigenvalue weighted by atomic mass is 9.94. The normalized spacial score (nSPS) is 18.5. The summed E-state index contributed by atoms with van der Waals surface area (Å²) in [6.07, 6.45) is 2.69. The molecule has 1 aromatic carbocycles. The van der Waals surface area contributed by atoms with Gasteiger partial charge in [0.2, 0.25) is 5.91 Å². The van der Waals surface area contributed by atoms with E-state index in [0.29, 0.717) is 31.3 Å². The van der Waals surface area contributed by atoms with Crippen molar-refractivity contribution in [3.8, 4) is 0 Å². The molecule has 0 radical (unpaired) electrons. The Kier molecular flexibility index (Phi) is 4.49. The van der Waals surface area contributed by atoms with E-state index in [1.807, 2.05) is 30.9 Å². The van der Waals surface area contributed by atoms with E-state index in [-0.39, 0.29) is 17.3 Å². The fourth-order valence-corrected chi connectivity index (χ4v) is 4.92. The van der Waals surface area contributed by atoms with Crippen molar-refractivity contribution in [3.05, 3.63) is 62.3 Å². The summed E-state index contributed by atoms with van der Waals surface area (Å²) in [5, 5.41) is 0. The average molecular weight is 410 g/mol. The number of halogens is 1. The van der Waals surface area contributed by atoms with Gasteiger partial charge < -0.3 is 14.4 Å². The molecule has 3 heterocycles. The number of carbonyl (C=O) groups is 1. The summed E-state index contributed by atoms with van der Waals surface area (Å²) in [4.78, 5) is 29.4. The lowest BCUT2D eigenvalue weighted by Crippen LogP contribution is -2.48. The molecule has 2 fully saturated rings. The van der Waals surface area contributed by atoms with Crippen LogP contribution < -0.4 is 10.5 Å². The van der Waals surface area contributed by atoms with Gasteiger partial charge in [0.25, 0.3) is 5.56 Å². The van der Waals surface area contributed by atoms with Gasteiger partial charge in [0.15, 0.2) is 0 Å². The lowest BCUT2D eigenvalue weighted by Gasteiger charge is -2.41. The van der Waals surface area contributed by atoms with E-state index < -0.39 is 0 Å². The minimum Gasteiger partial charge on any atom is -0.371 e. The van der Waals surface area contributed by atoms with E-state index in [1.165, 1.54) is 0 Å². The van der Waals surface area contributed by atoms with Gasteiger partial charge >= 0.3 is 0 Å². The number of fused-ring (bicyclic) bond motifs is 1. The number of pyridine rings is 1. The Balaban J connectivity index is 1.21. The van der Waals surface area contributed by atoms with Crippen molar-refractivity contribution >= 4 is 11.6 Å². The Hall–Kier alpha value is -2.63. The average Bonchev–Trinajstić information content (AvgIpc) is 3.45. The Morgan fingerprint density at radius 3 is 2.57 bits per heavy atom. The van der Waals surface area contributed by atoms with Crippen LogP contribution in [-0.4, -0.2) is 28.5 Å². The fraction of sp³-hybridized carbons (Fsp3) is 0.500. The Labute approximate surface area is 176 Å². The molecule has 0 bridgehead atoms. The molecule has 158 valence electrons. The van der Waals surface area contributed by atoms with Gasteiger partial charge in [0, 0.05) is 56.0 Å². The van der Waals surface area contributed by atoms with E-state index >= 15 is 0 Å². The molecule has 6 heteroatoms. The highest BCUT2D eigenvalue weighted by Gasteiger charge is 2.34. The van der Waals surface area contributed by atoms with Crippen LogP contribution in [-0.2, 0) is 24.9 Å². The summed E-state index contributed by atoms with van der Waals surface area (Å²) in [6, 6.07) is 5.42. The zero-order valence-electron chi connectivity index (χ0n) is 17.9. The third kappa shape index (κ3) is 3.13. The summed E-state index contributed by atoms with van der Waals surface area (Å²) < 4.78 is 15.7. The summed E-state index contributed by atoms with van der Waals surface area (Å²) in [6.45, 7) is 6.60. The first-order chi connectivity index (χ1) is 14.3. The predicted molar refractivity (Wildman–Crippen MR) is 114 cm³/mol. The number of carbonyl (C=O) groups excluding carboxylic acids is 1. The highest BCUT2D eigenvalue weighted by atomic mass is 19.1. The van der Waals surface area contributed by atoms with E-state index in [9.17, 15) is 14.0 Å². The first kappa shape index (κ1) is 19.3. The zero-order valence-corrected chi connectivity index (χ0v) is 17.9. The second-order valence-corrected chi connectivity index (χ2v) is 9.24. The molecule has 1 aromatic heterocycles.